The van der Waals surface area contributed by atoms with Crippen molar-refractivity contribution in [2.45, 2.75) is 71.5 Å². The summed E-state index contributed by atoms with van der Waals surface area (Å²) in [5, 5.41) is 3.67. The summed E-state index contributed by atoms with van der Waals surface area (Å²) in [5.74, 6) is 3.73. The molecule has 0 N–H and O–H groups in total. The predicted molar refractivity (Wildman–Crippen MR) is 147 cm³/mol. The first-order valence-electron chi connectivity index (χ1n) is 13.7. The highest BCUT2D eigenvalue weighted by Gasteiger charge is 2.38. The number of rotatable bonds is 8. The van der Waals surface area contributed by atoms with Gasteiger partial charge in [-0.15, -0.1) is 6.42 Å². The Labute approximate surface area is 231 Å². The molecule has 0 atom stereocenters. The number of Topliss-reactive ketones (excluding diaryl/α,β-unsaturated/α-hetero) is 1. The van der Waals surface area contributed by atoms with E-state index in [0.717, 1.165) is 46.6 Å². The molecule has 4 aromatic rings. The van der Waals surface area contributed by atoms with Gasteiger partial charge in [-0.05, 0) is 42.2 Å². The second-order valence-electron chi connectivity index (χ2n) is 10.8. The molecule has 0 radical (unpaired) electrons. The minimum absolute atomic E-state index is 0.0786. The number of fused-ring (bicyclic) bond motifs is 1. The van der Waals surface area contributed by atoms with Crippen LogP contribution in [-0.4, -0.2) is 29.9 Å². The van der Waals surface area contributed by atoms with Crippen molar-refractivity contribution in [3.05, 3.63) is 71.1 Å². The maximum absolute atomic E-state index is 13.8. The van der Waals surface area contributed by atoms with Crippen LogP contribution in [-0.2, 0) is 25.6 Å². The van der Waals surface area contributed by atoms with Crippen molar-refractivity contribution in [3.63, 3.8) is 0 Å². The predicted octanol–water partition coefficient (Wildman–Crippen LogP) is 6.80. The maximum atomic E-state index is 13.8. The summed E-state index contributed by atoms with van der Waals surface area (Å²) in [7, 11) is 0. The van der Waals surface area contributed by atoms with Gasteiger partial charge in [0.25, 0.3) is 0 Å². The van der Waals surface area contributed by atoms with E-state index in [1.165, 1.54) is 25.2 Å². The maximum Gasteiger partial charge on any atom is 0.435 e. The quantitative estimate of drug-likeness (QED) is 0.180. The minimum atomic E-state index is -4.65. The second kappa shape index (κ2) is 11.3. The molecule has 3 heterocycles. The Balaban J connectivity index is 1.42. The van der Waals surface area contributed by atoms with Crippen LogP contribution in [0.25, 0.3) is 16.9 Å². The van der Waals surface area contributed by atoms with Gasteiger partial charge in [-0.3, -0.25) is 18.9 Å². The van der Waals surface area contributed by atoms with Crippen molar-refractivity contribution in [2.24, 2.45) is 11.8 Å². The number of aromatic nitrogens is 5. The average molecular weight is 548 g/mol. The van der Waals surface area contributed by atoms with Crippen molar-refractivity contribution < 1.29 is 18.0 Å². The van der Waals surface area contributed by atoms with E-state index in [4.69, 9.17) is 6.42 Å². The van der Waals surface area contributed by atoms with Crippen molar-refractivity contribution in [1.29, 1.82) is 0 Å². The fourth-order valence-corrected chi connectivity index (χ4v) is 5.71. The summed E-state index contributed by atoms with van der Waals surface area (Å²) < 4.78 is 44.0. The first kappa shape index (κ1) is 27.6. The molecule has 0 bridgehead atoms. The number of terminal acetylenes is 1. The second-order valence-corrected chi connectivity index (χ2v) is 10.8. The van der Waals surface area contributed by atoms with E-state index in [1.807, 2.05) is 25.1 Å². The van der Waals surface area contributed by atoms with Crippen LogP contribution in [0.15, 0.2) is 43.0 Å². The number of aryl methyl sites for hydroxylation is 1. The fraction of sp³-hybridized carbons (Fsp3) is 0.419. The summed E-state index contributed by atoms with van der Waals surface area (Å²) in [4.78, 5) is 22.1. The molecule has 40 heavy (non-hydrogen) atoms. The number of nitrogens with zero attached hydrogens (tertiary/aromatic N) is 5. The zero-order valence-electron chi connectivity index (χ0n) is 22.7. The third kappa shape index (κ3) is 5.67. The van der Waals surface area contributed by atoms with Gasteiger partial charge in [-0.1, -0.05) is 50.8 Å². The molecule has 0 saturated heterocycles. The Hall–Kier alpha value is -3.93. The van der Waals surface area contributed by atoms with Gasteiger partial charge >= 0.3 is 6.18 Å². The van der Waals surface area contributed by atoms with E-state index in [0.29, 0.717) is 30.1 Å². The number of hydrogen-bond donors (Lipinski definition) is 0. The highest BCUT2D eigenvalue weighted by atomic mass is 19.4. The zero-order valence-corrected chi connectivity index (χ0v) is 22.7. The van der Waals surface area contributed by atoms with Gasteiger partial charge < -0.3 is 0 Å². The van der Waals surface area contributed by atoms with Crippen LogP contribution < -0.4 is 0 Å². The zero-order chi connectivity index (χ0) is 28.4. The van der Waals surface area contributed by atoms with E-state index in [1.54, 1.807) is 16.8 Å². The van der Waals surface area contributed by atoms with Gasteiger partial charge in [0.15, 0.2) is 17.1 Å². The first-order valence-corrected chi connectivity index (χ1v) is 13.7. The van der Waals surface area contributed by atoms with Crippen LogP contribution >= 0.6 is 0 Å². The van der Waals surface area contributed by atoms with Crippen LogP contribution in [0.3, 0.4) is 0 Å². The molecule has 0 aliphatic heterocycles. The van der Waals surface area contributed by atoms with Gasteiger partial charge in [0.2, 0.25) is 0 Å². The van der Waals surface area contributed by atoms with E-state index in [9.17, 15) is 18.0 Å². The number of halogens is 3. The number of benzene rings is 1. The van der Waals surface area contributed by atoms with Crippen LogP contribution in [0.5, 0.6) is 0 Å². The first-order chi connectivity index (χ1) is 19.2. The fourth-order valence-electron chi connectivity index (χ4n) is 5.71. The standard InChI is InChI=1S/C31H32F3N5O/c1-4-13-38-19-25(29(37-38)31(32,33)34)27-18-36-30-26(35-12-14-39(27)30)16-22-10-11-24(23(5-2)15-22)28(40)17-21-8-6-20(3)7-9-21/h1,10-12,14-15,18-21H,5-9,13,16-17H2,2-3H3. The third-order valence-corrected chi connectivity index (χ3v) is 7.89. The third-order valence-electron chi connectivity index (χ3n) is 7.89. The molecule has 0 spiro atoms. The molecule has 5 rings (SSSR count). The molecule has 1 aromatic carbocycles. The average Bonchev–Trinajstić information content (AvgIpc) is 3.55. The van der Waals surface area contributed by atoms with E-state index < -0.39 is 11.9 Å². The van der Waals surface area contributed by atoms with Crippen LogP contribution in [0, 0.1) is 24.2 Å². The van der Waals surface area contributed by atoms with Crippen molar-refractivity contribution >= 4 is 11.4 Å². The summed E-state index contributed by atoms with van der Waals surface area (Å²) in [6, 6.07) is 5.89. The lowest BCUT2D eigenvalue weighted by atomic mass is 9.79. The Morgan fingerprint density at radius 3 is 2.65 bits per heavy atom. The summed E-state index contributed by atoms with van der Waals surface area (Å²) in [5.41, 5.74) is 2.95. The SMILES string of the molecule is C#CCn1cc(-c2cnc3c(Cc4ccc(C(=O)CC5CCC(C)CC5)c(CC)c4)nccn23)c(C(F)(F)F)n1. The number of carbonyl (C=O) groups excluding carboxylic acids is 1. The highest BCUT2D eigenvalue weighted by molar-refractivity contribution is 5.97. The number of alkyl halides is 3. The number of carbonyl (C=O) groups is 1. The van der Waals surface area contributed by atoms with Crippen molar-refractivity contribution in [1.82, 2.24) is 24.1 Å². The molecule has 1 aliphatic carbocycles. The van der Waals surface area contributed by atoms with Gasteiger partial charge in [-0.25, -0.2) is 4.98 Å². The van der Waals surface area contributed by atoms with E-state index in [2.05, 4.69) is 27.9 Å². The van der Waals surface area contributed by atoms with E-state index >= 15 is 0 Å². The summed E-state index contributed by atoms with van der Waals surface area (Å²) in [6.07, 6.45) is 12.8. The van der Waals surface area contributed by atoms with Crippen LogP contribution in [0.4, 0.5) is 13.2 Å². The van der Waals surface area contributed by atoms with Crippen molar-refractivity contribution in [2.75, 3.05) is 0 Å². The minimum Gasteiger partial charge on any atom is -0.296 e. The smallest absolute Gasteiger partial charge is 0.296 e. The van der Waals surface area contributed by atoms with Gasteiger partial charge in [0.1, 0.15) is 6.54 Å². The topological polar surface area (TPSA) is 65.1 Å². The van der Waals surface area contributed by atoms with Gasteiger partial charge in [0.05, 0.1) is 23.1 Å². The molecular formula is C31H32F3N5O. The largest absolute Gasteiger partial charge is 0.435 e. The van der Waals surface area contributed by atoms with Crippen molar-refractivity contribution in [3.8, 4) is 23.6 Å². The summed E-state index contributed by atoms with van der Waals surface area (Å²) >= 11 is 0. The number of ketones is 1. The monoisotopic (exact) mass is 547 g/mol. The number of hydrogen-bond acceptors (Lipinski definition) is 4. The molecule has 0 amide bonds. The normalized spacial score (nSPS) is 17.7. The molecule has 6 nitrogen and oxygen atoms in total. The van der Waals surface area contributed by atoms with Gasteiger partial charge in [-0.2, -0.15) is 18.3 Å². The Morgan fingerprint density at radius 2 is 1.95 bits per heavy atom. The highest BCUT2D eigenvalue weighted by Crippen LogP contribution is 2.37. The molecule has 3 aromatic heterocycles. The number of imidazole rings is 1. The molecular weight excluding hydrogens is 515 g/mol. The Morgan fingerprint density at radius 1 is 1.18 bits per heavy atom. The molecule has 1 saturated carbocycles. The molecule has 208 valence electrons. The lowest BCUT2D eigenvalue weighted by Crippen LogP contribution is -2.17. The lowest BCUT2D eigenvalue weighted by Gasteiger charge is -2.25. The molecule has 9 heteroatoms. The van der Waals surface area contributed by atoms with Crippen LogP contribution in [0.2, 0.25) is 0 Å². The molecule has 0 unspecified atom stereocenters. The van der Waals surface area contributed by atoms with E-state index in [-0.39, 0.29) is 23.6 Å². The lowest BCUT2D eigenvalue weighted by molar-refractivity contribution is -0.141. The molecule has 1 fully saturated rings. The van der Waals surface area contributed by atoms with Crippen LogP contribution in [0.1, 0.15) is 78.8 Å². The Bertz CT molecular complexity index is 1570. The Kier molecular flexibility index (Phi) is 7.79. The van der Waals surface area contributed by atoms with Gasteiger partial charge in [0, 0.05) is 37.0 Å². The molecule has 1 aliphatic rings. The summed E-state index contributed by atoms with van der Waals surface area (Å²) in [6.45, 7) is 4.24.